The van der Waals surface area contributed by atoms with Crippen molar-refractivity contribution in [3.8, 4) is 0 Å². The van der Waals surface area contributed by atoms with Crippen LogP contribution >= 0.6 is 11.6 Å². The number of guanidine groups is 1. The Labute approximate surface area is 140 Å². The Morgan fingerprint density at radius 3 is 2.61 bits per heavy atom. The second kappa shape index (κ2) is 6.38. The molecule has 4 N–H and O–H groups in total. The number of nitrogens with two attached hydrogens (primary N) is 2. The molecular weight excluding hydrogens is 310 g/mol. The first kappa shape index (κ1) is 15.5. The lowest BCUT2D eigenvalue weighted by Gasteiger charge is -2.26. The summed E-state index contributed by atoms with van der Waals surface area (Å²) >= 11 is 5.98. The lowest BCUT2D eigenvalue weighted by atomic mass is 9.80. The van der Waals surface area contributed by atoms with Crippen LogP contribution in [0.1, 0.15) is 34.7 Å². The molecule has 0 saturated heterocycles. The fraction of sp³-hybridized carbons (Fsp3) is 0.235. The first-order valence-electron chi connectivity index (χ1n) is 7.40. The van der Waals surface area contributed by atoms with Crippen LogP contribution in [0, 0.1) is 6.92 Å². The lowest BCUT2D eigenvalue weighted by molar-refractivity contribution is 0.677. The minimum absolute atomic E-state index is 0.0470. The number of aryl methyl sites for hydroxylation is 1. The minimum Gasteiger partial charge on any atom is -0.369 e. The average Bonchev–Trinajstić information content (AvgIpc) is 2.53. The van der Waals surface area contributed by atoms with E-state index in [1.807, 2.05) is 43.5 Å². The summed E-state index contributed by atoms with van der Waals surface area (Å²) in [5.41, 5.74) is 16.1. The van der Waals surface area contributed by atoms with Crippen LogP contribution in [-0.4, -0.2) is 16.7 Å². The van der Waals surface area contributed by atoms with E-state index in [2.05, 4.69) is 15.2 Å². The standard InChI is InChI=1S/C17H18ClN5/c1-10-6-7-21-14-8-12(11-2-4-13(18)5-3-11)9-15(16(10)14)22-23-17(19)20/h2-7,12H,8-9H2,1H3,(H4,19,20,23)/b22-15+. The van der Waals surface area contributed by atoms with Gasteiger partial charge < -0.3 is 11.5 Å². The summed E-state index contributed by atoms with van der Waals surface area (Å²) in [6.45, 7) is 2.05. The molecule has 1 atom stereocenters. The number of hydrogen-bond acceptors (Lipinski definition) is 3. The van der Waals surface area contributed by atoms with E-state index in [4.69, 9.17) is 23.1 Å². The Kier molecular flexibility index (Phi) is 4.30. The smallest absolute Gasteiger partial charge is 0.211 e. The van der Waals surface area contributed by atoms with Gasteiger partial charge in [-0.15, -0.1) is 5.10 Å². The van der Waals surface area contributed by atoms with Crippen LogP contribution in [0.3, 0.4) is 0 Å². The highest BCUT2D eigenvalue weighted by molar-refractivity contribution is 6.30. The van der Waals surface area contributed by atoms with Crippen molar-refractivity contribution in [2.45, 2.75) is 25.7 Å². The van der Waals surface area contributed by atoms with E-state index < -0.39 is 0 Å². The highest BCUT2D eigenvalue weighted by Crippen LogP contribution is 2.34. The van der Waals surface area contributed by atoms with Crippen molar-refractivity contribution in [1.29, 1.82) is 0 Å². The predicted octanol–water partition coefficient (Wildman–Crippen LogP) is 2.75. The molecule has 1 unspecified atom stereocenters. The number of fused-ring (bicyclic) bond motifs is 1. The molecule has 23 heavy (non-hydrogen) atoms. The van der Waals surface area contributed by atoms with Crippen molar-refractivity contribution in [3.63, 3.8) is 0 Å². The summed E-state index contributed by atoms with van der Waals surface area (Å²) in [6.07, 6.45) is 3.45. The Morgan fingerprint density at radius 1 is 1.17 bits per heavy atom. The number of benzene rings is 1. The van der Waals surface area contributed by atoms with E-state index in [0.29, 0.717) is 0 Å². The molecule has 1 aromatic carbocycles. The highest BCUT2D eigenvalue weighted by atomic mass is 35.5. The molecule has 1 aliphatic carbocycles. The largest absolute Gasteiger partial charge is 0.369 e. The SMILES string of the molecule is Cc1ccnc2c1/C(=N/N=C(N)N)CC(c1ccc(Cl)cc1)C2. The van der Waals surface area contributed by atoms with Gasteiger partial charge >= 0.3 is 0 Å². The van der Waals surface area contributed by atoms with Gasteiger partial charge in [0.25, 0.3) is 0 Å². The number of nitrogens with zero attached hydrogens (tertiary/aromatic N) is 3. The van der Waals surface area contributed by atoms with E-state index in [9.17, 15) is 0 Å². The van der Waals surface area contributed by atoms with Gasteiger partial charge in [0.15, 0.2) is 0 Å². The summed E-state index contributed by atoms with van der Waals surface area (Å²) in [5.74, 6) is 0.233. The Bertz CT molecular complexity index is 776. The first-order valence-corrected chi connectivity index (χ1v) is 7.78. The molecular formula is C17H18ClN5. The second-order valence-electron chi connectivity index (χ2n) is 5.68. The van der Waals surface area contributed by atoms with Crippen molar-refractivity contribution >= 4 is 23.3 Å². The van der Waals surface area contributed by atoms with Crippen LogP contribution < -0.4 is 11.5 Å². The molecule has 0 saturated carbocycles. The molecule has 2 aromatic rings. The van der Waals surface area contributed by atoms with Crippen LogP contribution in [0.5, 0.6) is 0 Å². The van der Waals surface area contributed by atoms with Gasteiger partial charge in [-0.05, 0) is 55.0 Å². The van der Waals surface area contributed by atoms with Crippen LogP contribution in [0.4, 0.5) is 0 Å². The monoisotopic (exact) mass is 327 g/mol. The summed E-state index contributed by atoms with van der Waals surface area (Å²) < 4.78 is 0. The van der Waals surface area contributed by atoms with Gasteiger partial charge in [-0.2, -0.15) is 5.10 Å². The molecule has 118 valence electrons. The predicted molar refractivity (Wildman–Crippen MR) is 93.8 cm³/mol. The van der Waals surface area contributed by atoms with E-state index in [1.165, 1.54) is 5.56 Å². The van der Waals surface area contributed by atoms with Gasteiger partial charge in [-0.25, -0.2) is 0 Å². The second-order valence-corrected chi connectivity index (χ2v) is 6.11. The fourth-order valence-electron chi connectivity index (χ4n) is 2.98. The van der Waals surface area contributed by atoms with Crippen molar-refractivity contribution < 1.29 is 0 Å². The normalized spacial score (nSPS) is 18.5. The molecule has 0 bridgehead atoms. The maximum atomic E-state index is 5.98. The molecule has 0 radical (unpaired) electrons. The zero-order valence-electron chi connectivity index (χ0n) is 12.8. The third-order valence-corrected chi connectivity index (χ3v) is 4.29. The van der Waals surface area contributed by atoms with E-state index in [-0.39, 0.29) is 11.9 Å². The number of halogens is 1. The molecule has 5 nitrogen and oxygen atoms in total. The van der Waals surface area contributed by atoms with Gasteiger partial charge in [0, 0.05) is 16.8 Å². The zero-order valence-corrected chi connectivity index (χ0v) is 13.6. The van der Waals surface area contributed by atoms with Gasteiger partial charge in [0.05, 0.1) is 11.4 Å². The van der Waals surface area contributed by atoms with Crippen LogP contribution in [0.15, 0.2) is 46.7 Å². The number of hydrogen-bond donors (Lipinski definition) is 2. The summed E-state index contributed by atoms with van der Waals surface area (Å²) in [5, 5.41) is 8.84. The Hall–Kier alpha value is -2.40. The molecule has 0 amide bonds. The topological polar surface area (TPSA) is 89.6 Å². The van der Waals surface area contributed by atoms with Gasteiger partial charge in [0.2, 0.25) is 5.96 Å². The third kappa shape index (κ3) is 3.35. The highest BCUT2D eigenvalue weighted by Gasteiger charge is 2.27. The summed E-state index contributed by atoms with van der Waals surface area (Å²) in [7, 11) is 0. The Morgan fingerprint density at radius 2 is 1.91 bits per heavy atom. The van der Waals surface area contributed by atoms with Crippen LogP contribution in [0.25, 0.3) is 0 Å². The van der Waals surface area contributed by atoms with E-state index in [0.717, 1.165) is 40.4 Å². The molecule has 1 aliphatic rings. The quantitative estimate of drug-likeness (QED) is 0.505. The molecule has 0 spiro atoms. The molecule has 0 aliphatic heterocycles. The fourth-order valence-corrected chi connectivity index (χ4v) is 3.11. The van der Waals surface area contributed by atoms with Crippen molar-refractivity contribution in [2.24, 2.45) is 21.7 Å². The number of aromatic nitrogens is 1. The molecule has 6 heteroatoms. The number of pyridine rings is 1. The first-order chi connectivity index (χ1) is 11.0. The zero-order chi connectivity index (χ0) is 16.4. The van der Waals surface area contributed by atoms with Crippen molar-refractivity contribution in [3.05, 3.63) is 63.9 Å². The van der Waals surface area contributed by atoms with Crippen molar-refractivity contribution in [1.82, 2.24) is 4.98 Å². The molecule has 3 rings (SSSR count). The maximum Gasteiger partial charge on any atom is 0.211 e. The minimum atomic E-state index is -0.0470. The van der Waals surface area contributed by atoms with E-state index >= 15 is 0 Å². The third-order valence-electron chi connectivity index (χ3n) is 4.03. The average molecular weight is 328 g/mol. The maximum absolute atomic E-state index is 5.98. The van der Waals surface area contributed by atoms with Crippen LogP contribution in [-0.2, 0) is 6.42 Å². The van der Waals surface area contributed by atoms with E-state index in [1.54, 1.807) is 0 Å². The summed E-state index contributed by atoms with van der Waals surface area (Å²) in [6, 6.07) is 9.89. The lowest BCUT2D eigenvalue weighted by Crippen LogP contribution is -2.24. The summed E-state index contributed by atoms with van der Waals surface area (Å²) in [4.78, 5) is 4.53. The number of rotatable bonds is 2. The van der Waals surface area contributed by atoms with Gasteiger partial charge in [-0.3, -0.25) is 4.98 Å². The Balaban J connectivity index is 2.04. The van der Waals surface area contributed by atoms with Gasteiger partial charge in [-0.1, -0.05) is 23.7 Å². The van der Waals surface area contributed by atoms with Crippen molar-refractivity contribution in [2.75, 3.05) is 0 Å². The molecule has 0 fully saturated rings. The van der Waals surface area contributed by atoms with Crippen LogP contribution in [0.2, 0.25) is 5.02 Å². The van der Waals surface area contributed by atoms with Gasteiger partial charge in [0.1, 0.15) is 0 Å². The molecule has 1 heterocycles. The molecule has 1 aromatic heterocycles.